The molecule has 0 unspecified atom stereocenters. The maximum atomic E-state index is 12.2. The first-order chi connectivity index (χ1) is 8.72. The third-order valence-corrected chi connectivity index (χ3v) is 3.34. The van der Waals surface area contributed by atoms with E-state index in [-0.39, 0.29) is 17.8 Å². The number of piperidine rings is 1. The lowest BCUT2D eigenvalue weighted by Gasteiger charge is -2.30. The molecule has 0 aromatic heterocycles. The Kier molecular flexibility index (Phi) is 3.97. The number of esters is 1. The van der Waals surface area contributed by atoms with Gasteiger partial charge in [-0.25, -0.2) is 0 Å². The number of carbonyl (C=O) groups is 2. The van der Waals surface area contributed by atoms with E-state index in [1.807, 2.05) is 30.3 Å². The van der Waals surface area contributed by atoms with Gasteiger partial charge in [0.05, 0.1) is 13.0 Å². The zero-order valence-electron chi connectivity index (χ0n) is 10.5. The lowest BCUT2D eigenvalue weighted by Crippen LogP contribution is -2.40. The van der Waals surface area contributed by atoms with E-state index in [1.54, 1.807) is 4.90 Å². The van der Waals surface area contributed by atoms with Crippen LogP contribution in [0.5, 0.6) is 0 Å². The van der Waals surface area contributed by atoms with Crippen molar-refractivity contribution in [1.82, 2.24) is 4.90 Å². The summed E-state index contributed by atoms with van der Waals surface area (Å²) in [5.41, 5.74) is 0.703. The number of ether oxygens (including phenoxy) is 1. The van der Waals surface area contributed by atoms with Crippen LogP contribution in [-0.4, -0.2) is 37.0 Å². The SMILES string of the molecule is COC(=O)C1CCN(C(=O)c2ccccc2)CC1. The molecule has 0 spiro atoms. The summed E-state index contributed by atoms with van der Waals surface area (Å²) < 4.78 is 4.73. The van der Waals surface area contributed by atoms with Crippen molar-refractivity contribution in [2.45, 2.75) is 12.8 Å². The molecule has 18 heavy (non-hydrogen) atoms. The van der Waals surface area contributed by atoms with Gasteiger partial charge in [-0.15, -0.1) is 0 Å². The molecular formula is C14H17NO3. The average Bonchev–Trinajstić information content (AvgIpc) is 2.47. The number of nitrogens with zero attached hydrogens (tertiary/aromatic N) is 1. The Bertz CT molecular complexity index is 422. The van der Waals surface area contributed by atoms with Gasteiger partial charge < -0.3 is 9.64 Å². The van der Waals surface area contributed by atoms with Gasteiger partial charge in [-0.3, -0.25) is 9.59 Å². The number of benzene rings is 1. The molecule has 0 N–H and O–H groups in total. The number of amides is 1. The first-order valence-electron chi connectivity index (χ1n) is 6.14. The van der Waals surface area contributed by atoms with Crippen LogP contribution in [0, 0.1) is 5.92 Å². The highest BCUT2D eigenvalue weighted by Crippen LogP contribution is 2.20. The minimum Gasteiger partial charge on any atom is -0.469 e. The standard InChI is InChI=1S/C14H17NO3/c1-18-14(17)12-7-9-15(10-8-12)13(16)11-5-3-2-4-6-11/h2-6,12H,7-10H2,1H3. The van der Waals surface area contributed by atoms with Crippen molar-refractivity contribution in [3.63, 3.8) is 0 Å². The number of hydrogen-bond acceptors (Lipinski definition) is 3. The molecule has 0 aliphatic carbocycles. The molecule has 2 rings (SSSR count). The molecule has 0 atom stereocenters. The van der Waals surface area contributed by atoms with Crippen LogP contribution in [0.4, 0.5) is 0 Å². The second kappa shape index (κ2) is 5.67. The quantitative estimate of drug-likeness (QED) is 0.747. The lowest BCUT2D eigenvalue weighted by atomic mass is 9.96. The molecule has 0 bridgehead atoms. The molecule has 0 radical (unpaired) electrons. The van der Waals surface area contributed by atoms with Gasteiger partial charge in [0, 0.05) is 18.7 Å². The fraction of sp³-hybridized carbons (Fsp3) is 0.429. The van der Waals surface area contributed by atoms with E-state index in [1.165, 1.54) is 7.11 Å². The van der Waals surface area contributed by atoms with Crippen molar-refractivity contribution in [3.8, 4) is 0 Å². The third-order valence-electron chi connectivity index (χ3n) is 3.34. The van der Waals surface area contributed by atoms with E-state index in [0.29, 0.717) is 31.5 Å². The van der Waals surface area contributed by atoms with Crippen LogP contribution in [0.2, 0.25) is 0 Å². The Morgan fingerprint density at radius 3 is 2.33 bits per heavy atom. The van der Waals surface area contributed by atoms with E-state index >= 15 is 0 Å². The van der Waals surface area contributed by atoms with Crippen molar-refractivity contribution in [1.29, 1.82) is 0 Å². The van der Waals surface area contributed by atoms with Crippen molar-refractivity contribution < 1.29 is 14.3 Å². The van der Waals surface area contributed by atoms with Gasteiger partial charge in [-0.2, -0.15) is 0 Å². The van der Waals surface area contributed by atoms with Crippen LogP contribution in [0.3, 0.4) is 0 Å². The summed E-state index contributed by atoms with van der Waals surface area (Å²) in [7, 11) is 1.41. The Balaban J connectivity index is 1.94. The van der Waals surface area contributed by atoms with Crippen molar-refractivity contribution >= 4 is 11.9 Å². The molecule has 1 aromatic carbocycles. The zero-order chi connectivity index (χ0) is 13.0. The topological polar surface area (TPSA) is 46.6 Å². The molecule has 1 aromatic rings. The Morgan fingerprint density at radius 1 is 1.17 bits per heavy atom. The van der Waals surface area contributed by atoms with Gasteiger partial charge in [0.25, 0.3) is 5.91 Å². The first kappa shape index (κ1) is 12.6. The molecule has 0 saturated carbocycles. The molecule has 96 valence electrons. The number of carbonyl (C=O) groups excluding carboxylic acids is 2. The van der Waals surface area contributed by atoms with Crippen molar-refractivity contribution in [2.75, 3.05) is 20.2 Å². The number of methoxy groups -OCH3 is 1. The summed E-state index contributed by atoms with van der Waals surface area (Å²) in [4.78, 5) is 25.3. The van der Waals surface area contributed by atoms with Crippen LogP contribution >= 0.6 is 0 Å². The van der Waals surface area contributed by atoms with Gasteiger partial charge in [0.15, 0.2) is 0 Å². The normalized spacial score (nSPS) is 16.4. The summed E-state index contributed by atoms with van der Waals surface area (Å²) in [5, 5.41) is 0. The maximum Gasteiger partial charge on any atom is 0.308 e. The van der Waals surface area contributed by atoms with Gasteiger partial charge in [0.2, 0.25) is 0 Å². The summed E-state index contributed by atoms with van der Waals surface area (Å²) >= 11 is 0. The second-order valence-electron chi connectivity index (χ2n) is 4.46. The summed E-state index contributed by atoms with van der Waals surface area (Å²) in [6, 6.07) is 9.23. The molecule has 1 heterocycles. The second-order valence-corrected chi connectivity index (χ2v) is 4.46. The molecule has 1 amide bonds. The summed E-state index contributed by atoms with van der Waals surface area (Å²) in [6.45, 7) is 1.24. The molecule has 1 saturated heterocycles. The van der Waals surface area contributed by atoms with Crippen LogP contribution in [-0.2, 0) is 9.53 Å². The minimum atomic E-state index is -0.165. The smallest absolute Gasteiger partial charge is 0.308 e. The van der Waals surface area contributed by atoms with Crippen molar-refractivity contribution in [3.05, 3.63) is 35.9 Å². The van der Waals surface area contributed by atoms with E-state index < -0.39 is 0 Å². The number of likely N-dealkylation sites (tertiary alicyclic amines) is 1. The van der Waals surface area contributed by atoms with Gasteiger partial charge in [-0.05, 0) is 25.0 Å². The highest BCUT2D eigenvalue weighted by atomic mass is 16.5. The molecule has 1 fully saturated rings. The highest BCUT2D eigenvalue weighted by molar-refractivity contribution is 5.94. The number of hydrogen-bond donors (Lipinski definition) is 0. The predicted octanol–water partition coefficient (Wildman–Crippen LogP) is 1.71. The lowest BCUT2D eigenvalue weighted by molar-refractivity contribution is -0.146. The molecule has 1 aliphatic rings. The molecule has 4 nitrogen and oxygen atoms in total. The van der Waals surface area contributed by atoms with Crippen LogP contribution in [0.1, 0.15) is 23.2 Å². The summed E-state index contributed by atoms with van der Waals surface area (Å²) in [5.74, 6) is -0.185. The fourth-order valence-electron chi connectivity index (χ4n) is 2.25. The molecular weight excluding hydrogens is 230 g/mol. The van der Waals surface area contributed by atoms with Gasteiger partial charge >= 0.3 is 5.97 Å². The maximum absolute atomic E-state index is 12.2. The average molecular weight is 247 g/mol. The van der Waals surface area contributed by atoms with Crippen LogP contribution in [0.25, 0.3) is 0 Å². The predicted molar refractivity (Wildman–Crippen MR) is 67.1 cm³/mol. The van der Waals surface area contributed by atoms with Crippen LogP contribution in [0.15, 0.2) is 30.3 Å². The largest absolute Gasteiger partial charge is 0.469 e. The third kappa shape index (κ3) is 2.70. The number of rotatable bonds is 2. The fourth-order valence-corrected chi connectivity index (χ4v) is 2.25. The van der Waals surface area contributed by atoms with Crippen molar-refractivity contribution in [2.24, 2.45) is 5.92 Å². The van der Waals surface area contributed by atoms with E-state index in [2.05, 4.69) is 0 Å². The monoisotopic (exact) mass is 247 g/mol. The minimum absolute atomic E-state index is 0.0407. The van der Waals surface area contributed by atoms with E-state index in [4.69, 9.17) is 4.74 Å². The Hall–Kier alpha value is -1.84. The zero-order valence-corrected chi connectivity index (χ0v) is 10.5. The van der Waals surface area contributed by atoms with Gasteiger partial charge in [-0.1, -0.05) is 18.2 Å². The highest BCUT2D eigenvalue weighted by Gasteiger charge is 2.28. The first-order valence-corrected chi connectivity index (χ1v) is 6.14. The Morgan fingerprint density at radius 2 is 1.78 bits per heavy atom. The summed E-state index contributed by atoms with van der Waals surface area (Å²) in [6.07, 6.45) is 1.37. The van der Waals surface area contributed by atoms with E-state index in [9.17, 15) is 9.59 Å². The van der Waals surface area contributed by atoms with E-state index in [0.717, 1.165) is 0 Å². The molecule has 1 aliphatic heterocycles. The van der Waals surface area contributed by atoms with Crippen LogP contribution < -0.4 is 0 Å². The Labute approximate surface area is 107 Å². The molecule has 4 heteroatoms. The van der Waals surface area contributed by atoms with Gasteiger partial charge in [0.1, 0.15) is 0 Å².